The number of carbonyl (C=O) groups excluding carboxylic acids is 2. The van der Waals surface area contributed by atoms with E-state index in [-0.39, 0.29) is 12.3 Å². The molecule has 0 saturated heterocycles. The molecule has 2 aromatic rings. The predicted molar refractivity (Wildman–Crippen MR) is 80.3 cm³/mol. The van der Waals surface area contributed by atoms with Crippen molar-refractivity contribution < 1.29 is 18.8 Å². The average Bonchev–Trinajstić information content (AvgIpc) is 2.80. The van der Waals surface area contributed by atoms with Gasteiger partial charge in [-0.1, -0.05) is 23.4 Å². The molecule has 0 fully saturated rings. The van der Waals surface area contributed by atoms with E-state index in [4.69, 9.17) is 9.26 Å². The molecule has 1 N–H and O–H groups in total. The molecule has 1 heterocycles. The number of ether oxygens (including phenoxy) is 1. The van der Waals surface area contributed by atoms with E-state index in [1.165, 1.54) is 6.92 Å². The minimum atomic E-state index is -0.881. The van der Waals surface area contributed by atoms with Gasteiger partial charge in [0.2, 0.25) is 0 Å². The Bertz CT molecular complexity index is 645. The number of rotatable bonds is 5. The van der Waals surface area contributed by atoms with Crippen LogP contribution in [-0.2, 0) is 20.7 Å². The summed E-state index contributed by atoms with van der Waals surface area (Å²) in [6.45, 7) is 5.02. The highest BCUT2D eigenvalue weighted by Gasteiger charge is 2.20. The summed E-state index contributed by atoms with van der Waals surface area (Å²) in [7, 11) is 0. The van der Waals surface area contributed by atoms with Crippen molar-refractivity contribution in [3.63, 3.8) is 0 Å². The second kappa shape index (κ2) is 6.89. The number of esters is 1. The summed E-state index contributed by atoms with van der Waals surface area (Å²) >= 11 is 0. The van der Waals surface area contributed by atoms with Gasteiger partial charge in [-0.3, -0.25) is 9.59 Å². The van der Waals surface area contributed by atoms with Gasteiger partial charge in [0.25, 0.3) is 5.91 Å². The van der Waals surface area contributed by atoms with Crippen molar-refractivity contribution in [2.45, 2.75) is 33.3 Å². The molecule has 0 radical (unpaired) electrons. The SMILES string of the molecule is Cc1noc(C)c1CC(=O)O[C@@H](C)C(=O)Nc1ccccc1. The van der Waals surface area contributed by atoms with Crippen molar-refractivity contribution in [2.24, 2.45) is 0 Å². The fourth-order valence-corrected chi connectivity index (χ4v) is 1.96. The molecule has 22 heavy (non-hydrogen) atoms. The van der Waals surface area contributed by atoms with Crippen LogP contribution >= 0.6 is 0 Å². The van der Waals surface area contributed by atoms with Crippen LogP contribution in [0, 0.1) is 13.8 Å². The Labute approximate surface area is 128 Å². The maximum Gasteiger partial charge on any atom is 0.311 e. The molecule has 1 atom stereocenters. The number of aromatic nitrogens is 1. The summed E-state index contributed by atoms with van der Waals surface area (Å²) in [6.07, 6.45) is -0.849. The van der Waals surface area contributed by atoms with Gasteiger partial charge in [0.1, 0.15) is 5.76 Å². The molecule has 6 heteroatoms. The van der Waals surface area contributed by atoms with Crippen LogP contribution in [0.3, 0.4) is 0 Å². The summed E-state index contributed by atoms with van der Waals surface area (Å²) in [5.74, 6) is -0.292. The number of carbonyl (C=O) groups is 2. The van der Waals surface area contributed by atoms with Crippen molar-refractivity contribution >= 4 is 17.6 Å². The predicted octanol–water partition coefficient (Wildman–Crippen LogP) is 2.40. The maximum atomic E-state index is 12.0. The lowest BCUT2D eigenvalue weighted by Gasteiger charge is -2.13. The molecule has 0 saturated carbocycles. The zero-order chi connectivity index (χ0) is 16.1. The second-order valence-electron chi connectivity index (χ2n) is 4.97. The number of amides is 1. The number of anilines is 1. The Morgan fingerprint density at radius 2 is 1.95 bits per heavy atom. The summed E-state index contributed by atoms with van der Waals surface area (Å²) < 4.78 is 10.1. The molecule has 0 unspecified atom stereocenters. The molecule has 1 aromatic heterocycles. The first-order valence-corrected chi connectivity index (χ1v) is 6.94. The minimum Gasteiger partial charge on any atom is -0.452 e. The summed E-state index contributed by atoms with van der Waals surface area (Å²) in [5.41, 5.74) is 2.00. The zero-order valence-electron chi connectivity index (χ0n) is 12.8. The number of benzene rings is 1. The van der Waals surface area contributed by atoms with E-state index in [1.807, 2.05) is 18.2 Å². The van der Waals surface area contributed by atoms with Gasteiger partial charge in [-0.15, -0.1) is 0 Å². The third-order valence-electron chi connectivity index (χ3n) is 3.22. The van der Waals surface area contributed by atoms with Crippen LogP contribution in [0.4, 0.5) is 5.69 Å². The molecule has 0 aliphatic rings. The molecule has 0 bridgehead atoms. The average molecular weight is 302 g/mol. The van der Waals surface area contributed by atoms with E-state index in [9.17, 15) is 9.59 Å². The maximum absolute atomic E-state index is 12.0. The van der Waals surface area contributed by atoms with Gasteiger partial charge in [0.05, 0.1) is 12.1 Å². The van der Waals surface area contributed by atoms with E-state index >= 15 is 0 Å². The number of nitrogens with one attached hydrogen (secondary N) is 1. The Balaban J connectivity index is 1.89. The Morgan fingerprint density at radius 3 is 2.55 bits per heavy atom. The third kappa shape index (κ3) is 3.94. The molecule has 0 aliphatic carbocycles. The van der Waals surface area contributed by atoms with Gasteiger partial charge in [-0.25, -0.2) is 0 Å². The molecular weight excluding hydrogens is 284 g/mol. The van der Waals surface area contributed by atoms with Crippen LogP contribution in [0.2, 0.25) is 0 Å². The number of nitrogens with zero attached hydrogens (tertiary/aromatic N) is 1. The molecule has 1 amide bonds. The van der Waals surface area contributed by atoms with Crippen LogP contribution in [0.1, 0.15) is 23.9 Å². The molecule has 6 nitrogen and oxygen atoms in total. The second-order valence-corrected chi connectivity index (χ2v) is 4.97. The fourth-order valence-electron chi connectivity index (χ4n) is 1.96. The number of aryl methyl sites for hydroxylation is 2. The van der Waals surface area contributed by atoms with Gasteiger partial charge in [-0.2, -0.15) is 0 Å². The van der Waals surface area contributed by atoms with Crippen molar-refractivity contribution in [3.05, 3.63) is 47.3 Å². The van der Waals surface area contributed by atoms with Gasteiger partial charge in [-0.05, 0) is 32.9 Å². The van der Waals surface area contributed by atoms with Crippen LogP contribution < -0.4 is 5.32 Å². The molecule has 1 aromatic carbocycles. The normalized spacial score (nSPS) is 11.8. The van der Waals surface area contributed by atoms with Crippen LogP contribution in [0.15, 0.2) is 34.9 Å². The van der Waals surface area contributed by atoms with Crippen molar-refractivity contribution in [1.82, 2.24) is 5.16 Å². The number of hydrogen-bond acceptors (Lipinski definition) is 5. The lowest BCUT2D eigenvalue weighted by molar-refractivity contribution is -0.152. The highest BCUT2D eigenvalue weighted by molar-refractivity contribution is 5.95. The van der Waals surface area contributed by atoms with Crippen molar-refractivity contribution in [3.8, 4) is 0 Å². The lowest BCUT2D eigenvalue weighted by atomic mass is 10.1. The largest absolute Gasteiger partial charge is 0.452 e. The molecule has 2 rings (SSSR count). The van der Waals surface area contributed by atoms with E-state index in [2.05, 4.69) is 10.5 Å². The minimum absolute atomic E-state index is 0.0319. The Morgan fingerprint density at radius 1 is 1.27 bits per heavy atom. The van der Waals surface area contributed by atoms with Gasteiger partial charge >= 0.3 is 5.97 Å². The third-order valence-corrected chi connectivity index (χ3v) is 3.22. The first-order chi connectivity index (χ1) is 10.5. The smallest absolute Gasteiger partial charge is 0.311 e. The zero-order valence-corrected chi connectivity index (χ0v) is 12.8. The first kappa shape index (κ1) is 15.8. The fraction of sp³-hybridized carbons (Fsp3) is 0.312. The monoisotopic (exact) mass is 302 g/mol. The molecular formula is C16H18N2O4. The van der Waals surface area contributed by atoms with Gasteiger partial charge in [0.15, 0.2) is 6.10 Å². The summed E-state index contributed by atoms with van der Waals surface area (Å²) in [4.78, 5) is 23.9. The van der Waals surface area contributed by atoms with Crippen LogP contribution in [-0.4, -0.2) is 23.1 Å². The van der Waals surface area contributed by atoms with Crippen molar-refractivity contribution in [2.75, 3.05) is 5.32 Å². The first-order valence-electron chi connectivity index (χ1n) is 6.94. The standard InChI is InChI=1S/C16H18N2O4/c1-10-14(11(2)22-18-10)9-15(19)21-12(3)16(20)17-13-7-5-4-6-8-13/h4-8,12H,9H2,1-3H3,(H,17,20)/t12-/m0/s1. The highest BCUT2D eigenvalue weighted by Crippen LogP contribution is 2.14. The topological polar surface area (TPSA) is 81.4 Å². The van der Waals surface area contributed by atoms with Gasteiger partial charge in [0, 0.05) is 11.3 Å². The van der Waals surface area contributed by atoms with Crippen LogP contribution in [0.5, 0.6) is 0 Å². The van der Waals surface area contributed by atoms with E-state index in [0.29, 0.717) is 22.7 Å². The summed E-state index contributed by atoms with van der Waals surface area (Å²) in [5, 5.41) is 6.46. The summed E-state index contributed by atoms with van der Waals surface area (Å²) in [6, 6.07) is 8.99. The Kier molecular flexibility index (Phi) is 4.93. The van der Waals surface area contributed by atoms with E-state index < -0.39 is 12.1 Å². The van der Waals surface area contributed by atoms with Crippen LogP contribution in [0.25, 0.3) is 0 Å². The number of hydrogen-bond donors (Lipinski definition) is 1. The molecule has 116 valence electrons. The van der Waals surface area contributed by atoms with E-state index in [0.717, 1.165) is 0 Å². The quantitative estimate of drug-likeness (QED) is 0.858. The Hall–Kier alpha value is -2.63. The number of para-hydroxylation sites is 1. The van der Waals surface area contributed by atoms with Gasteiger partial charge < -0.3 is 14.6 Å². The molecule has 0 aliphatic heterocycles. The molecule has 0 spiro atoms. The highest BCUT2D eigenvalue weighted by atomic mass is 16.5. The lowest BCUT2D eigenvalue weighted by Crippen LogP contribution is -2.30. The van der Waals surface area contributed by atoms with Crippen molar-refractivity contribution in [1.29, 1.82) is 0 Å². The van der Waals surface area contributed by atoms with E-state index in [1.54, 1.807) is 26.0 Å².